The molecule has 7 rings (SSSR count). The Hall–Kier alpha value is -7.23. The van der Waals surface area contributed by atoms with E-state index in [-0.39, 0.29) is 47.8 Å². The molecule has 0 amide bonds. The third kappa shape index (κ3) is 9.07. The molecule has 0 aliphatic carbocycles. The molecule has 0 aliphatic heterocycles. The van der Waals surface area contributed by atoms with E-state index < -0.39 is 11.6 Å². The van der Waals surface area contributed by atoms with Crippen molar-refractivity contribution >= 4 is 23.1 Å². The van der Waals surface area contributed by atoms with E-state index in [1.54, 1.807) is 58.8 Å². The van der Waals surface area contributed by atoms with Gasteiger partial charge in [0.25, 0.3) is 0 Å². The van der Waals surface area contributed by atoms with E-state index >= 15 is 0 Å². The largest absolute Gasteiger partial charge is 0.384 e. The van der Waals surface area contributed by atoms with Crippen molar-refractivity contribution < 1.29 is 18.4 Å². The summed E-state index contributed by atoms with van der Waals surface area (Å²) in [4.78, 5) is 51.1. The van der Waals surface area contributed by atoms with Crippen LogP contribution >= 0.6 is 0 Å². The zero-order valence-corrected chi connectivity index (χ0v) is 32.7. The van der Waals surface area contributed by atoms with Gasteiger partial charge in [0.1, 0.15) is 40.5 Å². The number of hydrogen-bond acceptors (Lipinski definition) is 12. The number of Topliss-reactive ketones (excluding diaryl/α,β-unsaturated/α-hetero) is 2. The number of ketones is 2. The molecular weight excluding hydrogens is 743 g/mol. The summed E-state index contributed by atoms with van der Waals surface area (Å²) in [5.41, 5.74) is 12.5. The summed E-state index contributed by atoms with van der Waals surface area (Å²) in [6.07, 6.45) is 8.64. The van der Waals surface area contributed by atoms with Crippen LogP contribution in [0.15, 0.2) is 79.6 Å². The van der Waals surface area contributed by atoms with Gasteiger partial charge in [-0.3, -0.25) is 23.9 Å². The first-order valence-corrected chi connectivity index (χ1v) is 18.1. The van der Waals surface area contributed by atoms with Gasteiger partial charge in [-0.15, -0.1) is 0 Å². The number of halogens is 2. The van der Waals surface area contributed by atoms with Gasteiger partial charge < -0.3 is 11.1 Å². The Kier molecular flexibility index (Phi) is 12.0. The Labute approximate surface area is 332 Å². The van der Waals surface area contributed by atoms with Crippen LogP contribution in [0.25, 0.3) is 22.5 Å². The molecule has 16 heteroatoms. The lowest BCUT2D eigenvalue weighted by Crippen LogP contribution is -2.13. The molecule has 6 heterocycles. The third-order valence-corrected chi connectivity index (χ3v) is 9.23. The fraction of sp³-hybridized carbons (Fsp3) is 0.214. The molecule has 14 nitrogen and oxygen atoms in total. The number of rotatable bonds is 11. The van der Waals surface area contributed by atoms with Gasteiger partial charge in [-0.05, 0) is 62.1 Å². The number of hydrogen-bond donors (Lipinski definition) is 2. The maximum Gasteiger partial charge on any atom is 0.186 e. The quantitative estimate of drug-likeness (QED) is 0.114. The topological polar surface area (TPSA) is 197 Å². The van der Waals surface area contributed by atoms with Crippen molar-refractivity contribution in [1.82, 2.24) is 49.5 Å². The lowest BCUT2D eigenvalue weighted by molar-refractivity contribution is 0.0975. The molecular formula is C42H40F2N12O2. The molecule has 0 fully saturated rings. The third-order valence-electron chi connectivity index (χ3n) is 9.23. The Morgan fingerprint density at radius 2 is 1.14 bits per heavy atom. The van der Waals surface area contributed by atoms with Gasteiger partial charge in [-0.1, -0.05) is 30.3 Å². The molecule has 3 N–H and O–H groups in total. The molecule has 6 aromatic heterocycles. The number of nitrogens with zero attached hydrogens (tertiary/aromatic N) is 10. The zero-order valence-electron chi connectivity index (χ0n) is 32.7. The first-order valence-electron chi connectivity index (χ1n) is 18.1. The normalized spacial score (nSPS) is 10.9. The van der Waals surface area contributed by atoms with Crippen molar-refractivity contribution in [3.63, 3.8) is 0 Å². The molecule has 0 bridgehead atoms. The maximum atomic E-state index is 14.6. The van der Waals surface area contributed by atoms with E-state index in [0.29, 0.717) is 57.0 Å². The number of nitrogen functional groups attached to an aromatic ring is 1. The molecule has 0 aliphatic rings. The molecule has 0 spiro atoms. The first kappa shape index (κ1) is 40.4. The summed E-state index contributed by atoms with van der Waals surface area (Å²) >= 11 is 0. The number of aryl methyl sites for hydroxylation is 6. The average Bonchev–Trinajstić information content (AvgIpc) is 3.78. The van der Waals surface area contributed by atoms with Crippen molar-refractivity contribution in [3.8, 4) is 22.5 Å². The SMILES string of the molecule is Cc1ncc(C)c(-c2cnn(C)c2C(=O)Cc2cc(CC(=N)c3ccccc3)ncc2F)n1.Cc1ncc(C)c(-c2cnn(C)c2C(=O)Cc2cc(N)ncc2F)n1. The lowest BCUT2D eigenvalue weighted by atomic mass is 10.00. The van der Waals surface area contributed by atoms with E-state index in [1.165, 1.54) is 15.4 Å². The standard InChI is InChI=1S/C25H23FN6O.C17H17FN6O/c1-15-12-28-16(2)31-24(15)20-13-30-32(3)25(20)23(33)10-18-9-19(29-14-21(18)26)11-22(27)17-7-5-4-6-8-17;1-9-6-20-10(2)23-16(9)12-7-22-24(3)17(12)14(25)4-11-5-15(19)21-8-13(11)18/h4-9,12-14,27H,10-11H2,1-3H3;5-8H,4H2,1-3H3,(H2,19,21). The number of aromatic nitrogens is 10. The lowest BCUT2D eigenvalue weighted by Gasteiger charge is -2.10. The van der Waals surface area contributed by atoms with Crippen molar-refractivity contribution in [2.24, 2.45) is 14.1 Å². The Balaban J connectivity index is 0.000000203. The summed E-state index contributed by atoms with van der Waals surface area (Å²) in [5, 5.41) is 16.7. The van der Waals surface area contributed by atoms with Gasteiger partial charge >= 0.3 is 0 Å². The zero-order chi connectivity index (χ0) is 41.7. The molecule has 0 unspecified atom stereocenters. The van der Waals surface area contributed by atoms with Crippen LogP contribution in [-0.4, -0.2) is 66.7 Å². The van der Waals surface area contributed by atoms with E-state index in [1.807, 2.05) is 44.2 Å². The van der Waals surface area contributed by atoms with Gasteiger partial charge in [0.2, 0.25) is 0 Å². The van der Waals surface area contributed by atoms with Crippen LogP contribution in [0.2, 0.25) is 0 Å². The van der Waals surface area contributed by atoms with Gasteiger partial charge in [0.15, 0.2) is 11.6 Å². The van der Waals surface area contributed by atoms with Crippen molar-refractivity contribution in [3.05, 3.63) is 148 Å². The molecule has 7 aromatic rings. The van der Waals surface area contributed by atoms with Crippen LogP contribution in [-0.2, 0) is 33.4 Å². The molecule has 0 saturated heterocycles. The number of anilines is 1. The van der Waals surface area contributed by atoms with Crippen LogP contribution in [0.5, 0.6) is 0 Å². The molecule has 0 radical (unpaired) electrons. The number of carbonyl (C=O) groups excluding carboxylic acids is 2. The smallest absolute Gasteiger partial charge is 0.186 e. The van der Waals surface area contributed by atoms with Crippen LogP contribution in [0.3, 0.4) is 0 Å². The summed E-state index contributed by atoms with van der Waals surface area (Å²) < 4.78 is 31.4. The van der Waals surface area contributed by atoms with Crippen molar-refractivity contribution in [2.45, 2.75) is 47.0 Å². The number of carbonyl (C=O) groups is 2. The minimum atomic E-state index is -0.569. The number of pyridine rings is 2. The molecule has 0 atom stereocenters. The predicted octanol–water partition coefficient (Wildman–Crippen LogP) is 6.10. The van der Waals surface area contributed by atoms with Crippen molar-refractivity contribution in [1.29, 1.82) is 5.41 Å². The highest BCUT2D eigenvalue weighted by molar-refractivity contribution is 6.03. The van der Waals surface area contributed by atoms with Gasteiger partial charge in [-0.25, -0.2) is 33.7 Å². The summed E-state index contributed by atoms with van der Waals surface area (Å²) in [5.74, 6) is -0.350. The Morgan fingerprint density at radius 1 is 0.655 bits per heavy atom. The summed E-state index contributed by atoms with van der Waals surface area (Å²) in [6.45, 7) is 7.28. The second-order valence-corrected chi connectivity index (χ2v) is 13.6. The minimum absolute atomic E-state index is 0.145. The fourth-order valence-corrected chi connectivity index (χ4v) is 6.32. The van der Waals surface area contributed by atoms with Crippen LogP contribution < -0.4 is 5.73 Å². The second kappa shape index (κ2) is 17.3. The Morgan fingerprint density at radius 3 is 1.66 bits per heavy atom. The fourth-order valence-electron chi connectivity index (χ4n) is 6.32. The monoisotopic (exact) mass is 782 g/mol. The molecule has 294 valence electrons. The number of nitrogens with one attached hydrogen (secondary N) is 1. The number of benzene rings is 1. The molecule has 58 heavy (non-hydrogen) atoms. The summed E-state index contributed by atoms with van der Waals surface area (Å²) in [7, 11) is 3.34. The van der Waals surface area contributed by atoms with E-state index in [0.717, 1.165) is 29.1 Å². The molecule has 1 aromatic carbocycles. The maximum absolute atomic E-state index is 14.6. The van der Waals surface area contributed by atoms with Gasteiger partial charge in [-0.2, -0.15) is 10.2 Å². The minimum Gasteiger partial charge on any atom is -0.384 e. The highest BCUT2D eigenvalue weighted by atomic mass is 19.1. The van der Waals surface area contributed by atoms with Gasteiger partial charge in [0.05, 0.1) is 36.2 Å². The first-order chi connectivity index (χ1) is 27.7. The summed E-state index contributed by atoms with van der Waals surface area (Å²) in [6, 6.07) is 12.2. The average molecular weight is 783 g/mol. The molecule has 0 saturated carbocycles. The van der Waals surface area contributed by atoms with E-state index in [9.17, 15) is 18.4 Å². The van der Waals surface area contributed by atoms with Gasteiger partial charge in [0, 0.05) is 73.8 Å². The Bertz CT molecular complexity index is 2670. The van der Waals surface area contributed by atoms with Crippen LogP contribution in [0.1, 0.15) is 66.1 Å². The van der Waals surface area contributed by atoms with E-state index in [2.05, 4.69) is 40.1 Å². The van der Waals surface area contributed by atoms with E-state index in [4.69, 9.17) is 11.1 Å². The highest BCUT2D eigenvalue weighted by Crippen LogP contribution is 2.28. The van der Waals surface area contributed by atoms with Crippen LogP contribution in [0, 0.1) is 44.7 Å². The highest BCUT2D eigenvalue weighted by Gasteiger charge is 2.24. The van der Waals surface area contributed by atoms with Crippen molar-refractivity contribution in [2.75, 3.05) is 5.73 Å². The second-order valence-electron chi connectivity index (χ2n) is 13.6. The van der Waals surface area contributed by atoms with Crippen LogP contribution in [0.4, 0.5) is 14.6 Å². The number of nitrogens with two attached hydrogens (primary N) is 1. The predicted molar refractivity (Wildman–Crippen MR) is 213 cm³/mol.